The van der Waals surface area contributed by atoms with Gasteiger partial charge in [-0.05, 0) is 12.3 Å². The monoisotopic (exact) mass is 231 g/mol. The van der Waals surface area contributed by atoms with Crippen molar-refractivity contribution in [3.63, 3.8) is 0 Å². The normalized spacial score (nSPS) is 14.1. The van der Waals surface area contributed by atoms with E-state index in [-0.39, 0.29) is 23.8 Å². The van der Waals surface area contributed by atoms with Crippen LogP contribution in [0.5, 0.6) is 0 Å². The Morgan fingerprint density at radius 3 is 2.06 bits per heavy atom. The average molecular weight is 231 g/mol. The van der Waals surface area contributed by atoms with Crippen molar-refractivity contribution in [1.29, 1.82) is 0 Å². The molecule has 5 heteroatoms. The van der Waals surface area contributed by atoms with Crippen molar-refractivity contribution in [3.8, 4) is 0 Å². The van der Waals surface area contributed by atoms with E-state index in [2.05, 4.69) is 10.1 Å². The number of hydrogen-bond donors (Lipinski definition) is 1. The summed E-state index contributed by atoms with van der Waals surface area (Å²) >= 11 is 0. The Hall–Kier alpha value is -1.26. The van der Waals surface area contributed by atoms with Gasteiger partial charge < -0.3 is 14.8 Å². The lowest BCUT2D eigenvalue weighted by Crippen LogP contribution is -2.46. The highest BCUT2D eigenvalue weighted by Gasteiger charge is 2.31. The molecule has 0 rings (SSSR count). The molecule has 16 heavy (non-hydrogen) atoms. The quantitative estimate of drug-likeness (QED) is 0.729. The number of ether oxygens (including phenoxy) is 2. The Morgan fingerprint density at radius 2 is 1.75 bits per heavy atom. The number of carbonyl (C=O) groups is 2. The summed E-state index contributed by atoms with van der Waals surface area (Å²) in [4.78, 5) is 22.7. The van der Waals surface area contributed by atoms with Gasteiger partial charge in [0.2, 0.25) is 0 Å². The van der Waals surface area contributed by atoms with Crippen LogP contribution in [0.2, 0.25) is 0 Å². The molecule has 0 aliphatic heterocycles. The van der Waals surface area contributed by atoms with E-state index in [1.165, 1.54) is 14.2 Å². The molecule has 5 nitrogen and oxygen atoms in total. The highest BCUT2D eigenvalue weighted by atomic mass is 16.5. The Bertz CT molecular complexity index is 240. The van der Waals surface area contributed by atoms with E-state index >= 15 is 0 Å². The third-order valence-corrected chi connectivity index (χ3v) is 2.57. The first kappa shape index (κ1) is 14.7. The first-order valence-corrected chi connectivity index (χ1v) is 5.40. The van der Waals surface area contributed by atoms with Crippen molar-refractivity contribution in [2.75, 3.05) is 14.2 Å². The number of esters is 1. The standard InChI is InChI=1S/C11H21NO4/c1-6-8(10(13)15-4)9(7(2)3)12-11(14)16-5/h7-9H,6H2,1-5H3,(H,12,14)/t8-,9-/m1/s1. The van der Waals surface area contributed by atoms with E-state index in [4.69, 9.17) is 4.74 Å². The van der Waals surface area contributed by atoms with Crippen LogP contribution in [0.1, 0.15) is 27.2 Å². The zero-order valence-corrected chi connectivity index (χ0v) is 10.6. The van der Waals surface area contributed by atoms with Crippen molar-refractivity contribution in [2.24, 2.45) is 11.8 Å². The van der Waals surface area contributed by atoms with E-state index < -0.39 is 6.09 Å². The Balaban J connectivity index is 4.72. The van der Waals surface area contributed by atoms with E-state index in [1.54, 1.807) is 0 Å². The minimum atomic E-state index is -0.527. The molecule has 0 heterocycles. The summed E-state index contributed by atoms with van der Waals surface area (Å²) in [5, 5.41) is 2.67. The lowest BCUT2D eigenvalue weighted by atomic mass is 9.88. The Kier molecular flexibility index (Phi) is 6.53. The fourth-order valence-corrected chi connectivity index (χ4v) is 1.65. The third kappa shape index (κ3) is 4.08. The van der Waals surface area contributed by atoms with Crippen LogP contribution in [-0.2, 0) is 14.3 Å². The molecule has 0 radical (unpaired) electrons. The van der Waals surface area contributed by atoms with Gasteiger partial charge in [-0.25, -0.2) is 4.79 Å². The second-order valence-corrected chi connectivity index (χ2v) is 3.94. The number of rotatable bonds is 5. The molecule has 0 bridgehead atoms. The van der Waals surface area contributed by atoms with Crippen LogP contribution < -0.4 is 5.32 Å². The van der Waals surface area contributed by atoms with Crippen LogP contribution in [0.25, 0.3) is 0 Å². The van der Waals surface area contributed by atoms with Crippen LogP contribution in [0.15, 0.2) is 0 Å². The fourth-order valence-electron chi connectivity index (χ4n) is 1.65. The topological polar surface area (TPSA) is 64.6 Å². The number of methoxy groups -OCH3 is 2. The maximum Gasteiger partial charge on any atom is 0.407 e. The van der Waals surface area contributed by atoms with Gasteiger partial charge in [0.1, 0.15) is 0 Å². The van der Waals surface area contributed by atoms with Gasteiger partial charge in [-0.3, -0.25) is 4.79 Å². The predicted molar refractivity (Wildman–Crippen MR) is 60.0 cm³/mol. The number of nitrogens with one attached hydrogen (secondary N) is 1. The van der Waals surface area contributed by atoms with Crippen LogP contribution >= 0.6 is 0 Å². The second-order valence-electron chi connectivity index (χ2n) is 3.94. The molecule has 0 spiro atoms. The maximum absolute atomic E-state index is 11.5. The minimum Gasteiger partial charge on any atom is -0.469 e. The molecule has 1 amide bonds. The molecule has 0 aliphatic rings. The molecule has 0 aromatic carbocycles. The highest BCUT2D eigenvalue weighted by molar-refractivity contribution is 5.75. The van der Waals surface area contributed by atoms with Gasteiger partial charge in [-0.2, -0.15) is 0 Å². The SMILES string of the molecule is CC[C@@H](C(=O)OC)[C@H](NC(=O)OC)C(C)C. The summed E-state index contributed by atoms with van der Waals surface area (Å²) in [6.45, 7) is 5.76. The van der Waals surface area contributed by atoms with Crippen molar-refractivity contribution in [3.05, 3.63) is 0 Å². The van der Waals surface area contributed by atoms with Gasteiger partial charge in [0.15, 0.2) is 0 Å². The predicted octanol–water partition coefficient (Wildman–Crippen LogP) is 1.57. The van der Waals surface area contributed by atoms with Gasteiger partial charge in [0, 0.05) is 6.04 Å². The molecular formula is C11H21NO4. The van der Waals surface area contributed by atoms with E-state index in [0.717, 1.165) is 0 Å². The van der Waals surface area contributed by atoms with Crippen LogP contribution in [0.3, 0.4) is 0 Å². The summed E-state index contributed by atoms with van der Waals surface area (Å²) in [6.07, 6.45) is 0.0838. The average Bonchev–Trinajstić information content (AvgIpc) is 2.27. The molecule has 1 N–H and O–H groups in total. The largest absolute Gasteiger partial charge is 0.469 e. The fraction of sp³-hybridized carbons (Fsp3) is 0.818. The summed E-state index contributed by atoms with van der Waals surface area (Å²) in [5.41, 5.74) is 0. The van der Waals surface area contributed by atoms with Crippen molar-refractivity contribution < 1.29 is 19.1 Å². The van der Waals surface area contributed by atoms with E-state index in [9.17, 15) is 9.59 Å². The first-order valence-electron chi connectivity index (χ1n) is 5.40. The number of hydrogen-bond acceptors (Lipinski definition) is 4. The molecule has 2 atom stereocenters. The summed E-state index contributed by atoms with van der Waals surface area (Å²) in [7, 11) is 2.65. The van der Waals surface area contributed by atoms with Crippen molar-refractivity contribution >= 4 is 12.1 Å². The zero-order valence-electron chi connectivity index (χ0n) is 10.6. The zero-order chi connectivity index (χ0) is 12.7. The summed E-state index contributed by atoms with van der Waals surface area (Å²) in [5.74, 6) is -0.523. The van der Waals surface area contributed by atoms with E-state index in [0.29, 0.717) is 6.42 Å². The second kappa shape index (κ2) is 7.09. The van der Waals surface area contributed by atoms with E-state index in [1.807, 2.05) is 20.8 Å². The summed E-state index contributed by atoms with van der Waals surface area (Å²) in [6, 6.07) is -0.273. The third-order valence-electron chi connectivity index (χ3n) is 2.57. The molecule has 0 aromatic rings. The van der Waals surface area contributed by atoms with Crippen LogP contribution in [0.4, 0.5) is 4.79 Å². The molecule has 0 aromatic heterocycles. The molecule has 94 valence electrons. The van der Waals surface area contributed by atoms with Crippen molar-refractivity contribution in [2.45, 2.75) is 33.2 Å². The maximum atomic E-state index is 11.5. The van der Waals surface area contributed by atoms with Gasteiger partial charge in [0.25, 0.3) is 0 Å². The lowest BCUT2D eigenvalue weighted by Gasteiger charge is -2.27. The number of amides is 1. The highest BCUT2D eigenvalue weighted by Crippen LogP contribution is 2.18. The minimum absolute atomic E-state index is 0.128. The first-order chi connectivity index (χ1) is 7.47. The van der Waals surface area contributed by atoms with Gasteiger partial charge in [-0.1, -0.05) is 20.8 Å². The molecular weight excluding hydrogens is 210 g/mol. The Morgan fingerprint density at radius 1 is 1.19 bits per heavy atom. The molecule has 0 saturated carbocycles. The molecule has 0 unspecified atom stereocenters. The van der Waals surface area contributed by atoms with Crippen LogP contribution in [0, 0.1) is 11.8 Å². The number of carbonyl (C=O) groups excluding carboxylic acids is 2. The molecule has 0 aliphatic carbocycles. The Labute approximate surface area is 96.5 Å². The molecule has 0 saturated heterocycles. The van der Waals surface area contributed by atoms with Crippen LogP contribution in [-0.4, -0.2) is 32.3 Å². The van der Waals surface area contributed by atoms with Crippen molar-refractivity contribution in [1.82, 2.24) is 5.32 Å². The van der Waals surface area contributed by atoms with Gasteiger partial charge >= 0.3 is 12.1 Å². The lowest BCUT2D eigenvalue weighted by molar-refractivity contribution is -0.147. The number of alkyl carbamates (subject to hydrolysis) is 1. The molecule has 0 fully saturated rings. The summed E-state index contributed by atoms with van der Waals surface area (Å²) < 4.78 is 9.26. The van der Waals surface area contributed by atoms with Gasteiger partial charge in [0.05, 0.1) is 20.1 Å². The smallest absolute Gasteiger partial charge is 0.407 e. The van der Waals surface area contributed by atoms with Gasteiger partial charge in [-0.15, -0.1) is 0 Å².